The van der Waals surface area contributed by atoms with Crippen LogP contribution in [0.15, 0.2) is 12.1 Å². The molecule has 1 aromatic rings. The summed E-state index contributed by atoms with van der Waals surface area (Å²) in [6, 6.07) is 1.52. The van der Waals surface area contributed by atoms with Gasteiger partial charge in [-0.3, -0.25) is 4.79 Å². The molecule has 3 nitrogen and oxygen atoms in total. The van der Waals surface area contributed by atoms with Crippen LogP contribution in [0, 0.1) is 23.4 Å². The number of halogens is 3. The number of rotatable bonds is 1. The van der Waals surface area contributed by atoms with Crippen LogP contribution in [0.1, 0.15) is 23.7 Å². The van der Waals surface area contributed by atoms with Gasteiger partial charge in [-0.05, 0) is 24.5 Å². The molecule has 0 aromatic heterocycles. The first-order valence-corrected chi connectivity index (χ1v) is 6.10. The van der Waals surface area contributed by atoms with Crippen molar-refractivity contribution in [2.24, 2.45) is 11.7 Å². The predicted octanol–water partition coefficient (Wildman–Crippen LogP) is 1.91. The van der Waals surface area contributed by atoms with Crippen LogP contribution in [0.3, 0.4) is 0 Å². The SMILES string of the molecule is CC1CCN(C(=O)c2ccc(F)c(F)c2F)CC1N. The Morgan fingerprint density at radius 3 is 2.63 bits per heavy atom. The van der Waals surface area contributed by atoms with Gasteiger partial charge in [0.15, 0.2) is 17.5 Å². The van der Waals surface area contributed by atoms with Gasteiger partial charge in [-0.1, -0.05) is 6.92 Å². The van der Waals surface area contributed by atoms with Crippen molar-refractivity contribution in [2.75, 3.05) is 13.1 Å². The molecule has 1 heterocycles. The second-order valence-electron chi connectivity index (χ2n) is 4.90. The summed E-state index contributed by atoms with van der Waals surface area (Å²) in [6.07, 6.45) is 0.707. The molecule has 1 aliphatic heterocycles. The zero-order chi connectivity index (χ0) is 14.2. The third kappa shape index (κ3) is 2.58. The molecule has 2 rings (SSSR count). The highest BCUT2D eigenvalue weighted by molar-refractivity contribution is 5.94. The van der Waals surface area contributed by atoms with E-state index in [1.807, 2.05) is 6.92 Å². The Balaban J connectivity index is 2.23. The number of hydrogen-bond acceptors (Lipinski definition) is 2. The van der Waals surface area contributed by atoms with Gasteiger partial charge < -0.3 is 10.6 Å². The van der Waals surface area contributed by atoms with Gasteiger partial charge in [-0.15, -0.1) is 0 Å². The second kappa shape index (κ2) is 5.21. The molecule has 0 aliphatic carbocycles. The van der Waals surface area contributed by atoms with E-state index in [9.17, 15) is 18.0 Å². The molecule has 2 atom stereocenters. The lowest BCUT2D eigenvalue weighted by Gasteiger charge is -2.35. The molecule has 0 saturated carbocycles. The van der Waals surface area contributed by atoms with Gasteiger partial charge >= 0.3 is 0 Å². The maximum Gasteiger partial charge on any atom is 0.256 e. The molecule has 1 aliphatic rings. The molecule has 104 valence electrons. The van der Waals surface area contributed by atoms with Crippen molar-refractivity contribution in [3.8, 4) is 0 Å². The summed E-state index contributed by atoms with van der Waals surface area (Å²) < 4.78 is 39.5. The number of carbonyl (C=O) groups is 1. The van der Waals surface area contributed by atoms with Crippen molar-refractivity contribution in [1.82, 2.24) is 4.90 Å². The standard InChI is InChI=1S/C13H15F3N2O/c1-7-4-5-18(6-10(7)17)13(19)8-2-3-9(14)12(16)11(8)15/h2-3,7,10H,4-6,17H2,1H3. The van der Waals surface area contributed by atoms with Crippen molar-refractivity contribution in [3.05, 3.63) is 35.1 Å². The number of nitrogens with two attached hydrogens (primary N) is 1. The Morgan fingerprint density at radius 2 is 2.00 bits per heavy atom. The zero-order valence-electron chi connectivity index (χ0n) is 10.5. The van der Waals surface area contributed by atoms with Gasteiger partial charge in [-0.25, -0.2) is 13.2 Å². The number of amides is 1. The van der Waals surface area contributed by atoms with Gasteiger partial charge in [0.05, 0.1) is 5.56 Å². The Hall–Kier alpha value is -1.56. The third-order valence-corrected chi connectivity index (χ3v) is 3.57. The Bertz CT molecular complexity index is 507. The number of hydrogen-bond donors (Lipinski definition) is 1. The predicted molar refractivity (Wildman–Crippen MR) is 64.0 cm³/mol. The van der Waals surface area contributed by atoms with Crippen LogP contribution in [0.4, 0.5) is 13.2 Å². The Morgan fingerprint density at radius 1 is 1.32 bits per heavy atom. The van der Waals surface area contributed by atoms with E-state index in [2.05, 4.69) is 0 Å². The normalized spacial score (nSPS) is 23.5. The molecule has 6 heteroatoms. The summed E-state index contributed by atoms with van der Waals surface area (Å²) in [5.41, 5.74) is 5.40. The lowest BCUT2D eigenvalue weighted by atomic mass is 9.94. The smallest absolute Gasteiger partial charge is 0.256 e. The minimum absolute atomic E-state index is 0.189. The van der Waals surface area contributed by atoms with Gasteiger partial charge in [0.1, 0.15) is 0 Å². The molecular weight excluding hydrogens is 257 g/mol. The number of piperidine rings is 1. The summed E-state index contributed by atoms with van der Waals surface area (Å²) in [5.74, 6) is -4.76. The molecule has 1 aromatic carbocycles. The van der Waals surface area contributed by atoms with E-state index < -0.39 is 28.9 Å². The topological polar surface area (TPSA) is 46.3 Å². The first-order chi connectivity index (χ1) is 8.91. The van der Waals surface area contributed by atoms with Gasteiger partial charge in [0, 0.05) is 19.1 Å². The summed E-state index contributed by atoms with van der Waals surface area (Å²) in [5, 5.41) is 0. The largest absolute Gasteiger partial charge is 0.337 e. The monoisotopic (exact) mass is 272 g/mol. The fourth-order valence-electron chi connectivity index (χ4n) is 2.15. The lowest BCUT2D eigenvalue weighted by molar-refractivity contribution is 0.0666. The van der Waals surface area contributed by atoms with Gasteiger partial charge in [0.25, 0.3) is 5.91 Å². The van der Waals surface area contributed by atoms with Crippen LogP contribution >= 0.6 is 0 Å². The van der Waals surface area contributed by atoms with Crippen molar-refractivity contribution < 1.29 is 18.0 Å². The molecule has 1 amide bonds. The van der Waals surface area contributed by atoms with E-state index >= 15 is 0 Å². The van der Waals surface area contributed by atoms with Crippen molar-refractivity contribution in [3.63, 3.8) is 0 Å². The first kappa shape index (κ1) is 13.9. The average Bonchev–Trinajstić information content (AvgIpc) is 2.39. The molecule has 0 spiro atoms. The summed E-state index contributed by atoms with van der Waals surface area (Å²) in [4.78, 5) is 13.5. The van der Waals surface area contributed by atoms with Crippen LogP contribution in [0.25, 0.3) is 0 Å². The third-order valence-electron chi connectivity index (χ3n) is 3.57. The summed E-state index contributed by atoms with van der Waals surface area (Å²) >= 11 is 0. The van der Waals surface area contributed by atoms with Gasteiger partial charge in [-0.2, -0.15) is 0 Å². The molecule has 19 heavy (non-hydrogen) atoms. The maximum atomic E-state index is 13.5. The van der Waals surface area contributed by atoms with E-state index in [1.54, 1.807) is 0 Å². The number of benzene rings is 1. The molecule has 1 fully saturated rings. The molecular formula is C13H15F3N2O. The van der Waals surface area contributed by atoms with Crippen LogP contribution in [-0.4, -0.2) is 29.9 Å². The van der Waals surface area contributed by atoms with Gasteiger partial charge in [0.2, 0.25) is 0 Å². The molecule has 2 N–H and O–H groups in total. The quantitative estimate of drug-likeness (QED) is 0.794. The first-order valence-electron chi connectivity index (χ1n) is 6.10. The highest BCUT2D eigenvalue weighted by Crippen LogP contribution is 2.21. The van der Waals surface area contributed by atoms with E-state index in [1.165, 1.54) is 4.90 Å². The minimum atomic E-state index is -1.62. The fourth-order valence-corrected chi connectivity index (χ4v) is 2.15. The highest BCUT2D eigenvalue weighted by Gasteiger charge is 2.29. The minimum Gasteiger partial charge on any atom is -0.337 e. The van der Waals surface area contributed by atoms with Crippen LogP contribution < -0.4 is 5.73 Å². The van der Waals surface area contributed by atoms with Crippen LogP contribution in [0.5, 0.6) is 0 Å². The molecule has 2 unspecified atom stereocenters. The molecule has 0 radical (unpaired) electrons. The average molecular weight is 272 g/mol. The maximum absolute atomic E-state index is 13.5. The van der Waals surface area contributed by atoms with Crippen LogP contribution in [0.2, 0.25) is 0 Å². The van der Waals surface area contributed by atoms with E-state index in [-0.39, 0.29) is 12.0 Å². The van der Waals surface area contributed by atoms with E-state index in [0.717, 1.165) is 12.1 Å². The van der Waals surface area contributed by atoms with Crippen LogP contribution in [-0.2, 0) is 0 Å². The summed E-state index contributed by atoms with van der Waals surface area (Å²) in [6.45, 7) is 2.70. The number of likely N-dealkylation sites (tertiary alicyclic amines) is 1. The Kier molecular flexibility index (Phi) is 3.80. The van der Waals surface area contributed by atoms with Crippen molar-refractivity contribution in [2.45, 2.75) is 19.4 Å². The lowest BCUT2D eigenvalue weighted by Crippen LogP contribution is -2.49. The van der Waals surface area contributed by atoms with Crippen molar-refractivity contribution >= 4 is 5.91 Å². The zero-order valence-corrected chi connectivity index (χ0v) is 10.5. The molecule has 0 bridgehead atoms. The fraction of sp³-hybridized carbons (Fsp3) is 0.462. The Labute approximate surface area is 109 Å². The van der Waals surface area contributed by atoms with Crippen molar-refractivity contribution in [1.29, 1.82) is 0 Å². The van der Waals surface area contributed by atoms with E-state index in [0.29, 0.717) is 19.5 Å². The second-order valence-corrected chi connectivity index (χ2v) is 4.90. The molecule has 1 saturated heterocycles. The number of nitrogens with zero attached hydrogens (tertiary/aromatic N) is 1. The summed E-state index contributed by atoms with van der Waals surface area (Å²) in [7, 11) is 0. The van der Waals surface area contributed by atoms with E-state index in [4.69, 9.17) is 5.73 Å². The number of carbonyl (C=O) groups excluding carboxylic acids is 1. The highest BCUT2D eigenvalue weighted by atomic mass is 19.2.